The Labute approximate surface area is 859 Å². The van der Waals surface area contributed by atoms with Crippen LogP contribution in [-0.2, 0) is 0 Å². The Morgan fingerprint density at radius 1 is 0.110 bits per heavy atom. The number of fused-ring (bicyclic) bond motifs is 19. The Morgan fingerprint density at radius 3 is 0.690 bits per heavy atom. The zero-order chi connectivity index (χ0) is 106. The highest BCUT2D eigenvalue weighted by molar-refractivity contribution is 6.19. The van der Waals surface area contributed by atoms with Crippen molar-refractivity contribution in [3.05, 3.63) is 576 Å². The molecule has 0 radical (unpaired) electrons. The summed E-state index contributed by atoms with van der Waals surface area (Å²) in [5, 5.41) is 28.7. The first-order valence-electron chi connectivity index (χ1n) is 55.0. The summed E-state index contributed by atoms with van der Waals surface area (Å²) in [5.74, 6) is 0. The van der Waals surface area contributed by atoms with Gasteiger partial charge in [0, 0.05) is 50.3 Å². The summed E-state index contributed by atoms with van der Waals surface area (Å²) in [6.45, 7) is 0. The molecule has 0 saturated carbocycles. The van der Waals surface area contributed by atoms with E-state index in [4.69, 9.17) is 2.74 Å². The zero-order valence-corrected chi connectivity index (χ0v) is 78.8. The molecule has 3 heteroatoms. The molecule has 145 heavy (non-hydrogen) atoms. The predicted molar refractivity (Wildman–Crippen MR) is 624 cm³/mol. The van der Waals surface area contributed by atoms with Crippen LogP contribution in [-0.4, -0.2) is 0 Å². The molecule has 0 N–H and O–H groups in total. The van der Waals surface area contributed by atoms with Crippen molar-refractivity contribution in [2.75, 3.05) is 14.7 Å². The normalized spacial score (nSPS) is 12.6. The van der Waals surface area contributed by atoms with E-state index in [1.165, 1.54) is 64.6 Å². The molecule has 3 nitrogen and oxygen atoms in total. The summed E-state index contributed by atoms with van der Waals surface area (Å²) in [7, 11) is 0. The lowest BCUT2D eigenvalue weighted by molar-refractivity contribution is 1.30. The highest BCUT2D eigenvalue weighted by atomic mass is 15.2. The van der Waals surface area contributed by atoms with Crippen LogP contribution in [0, 0.1) is 0 Å². The van der Waals surface area contributed by atoms with Gasteiger partial charge in [0.1, 0.15) is 0 Å². The molecule has 28 aromatic carbocycles. The Kier molecular flexibility index (Phi) is 19.2. The second-order valence-corrected chi connectivity index (χ2v) is 36.7. The number of nitrogens with zero attached hydrogens (tertiary/aromatic N) is 3. The molecule has 0 bridgehead atoms. The van der Waals surface area contributed by atoms with Gasteiger partial charge in [0.05, 0.1) is 33.5 Å². The molecule has 0 aromatic heterocycles. The van der Waals surface area contributed by atoms with E-state index in [0.717, 1.165) is 143 Å². The highest BCUT2D eigenvalue weighted by Crippen LogP contribution is 2.49. The summed E-state index contributed by atoms with van der Waals surface area (Å²) in [5.41, 5.74) is 14.4. The molecule has 0 unspecified atom stereocenters. The van der Waals surface area contributed by atoms with Gasteiger partial charge in [-0.25, -0.2) is 0 Å². The topological polar surface area (TPSA) is 9.72 Å². The van der Waals surface area contributed by atoms with Crippen molar-refractivity contribution in [3.8, 4) is 66.8 Å². The lowest BCUT2D eigenvalue weighted by Gasteiger charge is -2.28. The summed E-state index contributed by atoms with van der Waals surface area (Å²) in [6, 6.07) is 169. The molecule has 0 heterocycles. The summed E-state index contributed by atoms with van der Waals surface area (Å²) >= 11 is 0. The van der Waals surface area contributed by atoms with E-state index >= 15 is 0 Å². The molecule has 0 aliphatic heterocycles. The highest BCUT2D eigenvalue weighted by Gasteiger charge is 2.24. The van der Waals surface area contributed by atoms with Gasteiger partial charge in [0.15, 0.2) is 0 Å². The van der Waals surface area contributed by atoms with E-state index in [9.17, 15) is 13.7 Å². The van der Waals surface area contributed by atoms with E-state index in [2.05, 4.69) is 291 Å². The molecular formula is C142H95N3. The van der Waals surface area contributed by atoms with Crippen LogP contribution in [0.1, 0.15) is 16.4 Å². The number of rotatable bonds is 15. The van der Waals surface area contributed by atoms with E-state index < -0.39 is 0 Å². The maximum absolute atomic E-state index is 9.61. The molecule has 0 amide bonds. The monoisotopic (exact) mass is 1850 g/mol. The first kappa shape index (κ1) is 74.0. The van der Waals surface area contributed by atoms with Gasteiger partial charge in [0.25, 0.3) is 0 Å². The van der Waals surface area contributed by atoms with Crippen LogP contribution in [0.2, 0.25) is 0 Å². The molecule has 0 aliphatic carbocycles. The first-order chi connectivity index (χ1) is 76.9. The van der Waals surface area contributed by atoms with Gasteiger partial charge in [0.2, 0.25) is 0 Å². The molecular weight excluding hydrogens is 1750 g/mol. The van der Waals surface area contributed by atoms with Gasteiger partial charge in [-0.2, -0.15) is 0 Å². The minimum Gasteiger partial charge on any atom is -0.310 e. The van der Waals surface area contributed by atoms with Crippen LogP contribution in [0.4, 0.5) is 51.2 Å². The van der Waals surface area contributed by atoms with Crippen molar-refractivity contribution in [3.63, 3.8) is 0 Å². The third-order valence-corrected chi connectivity index (χ3v) is 28.3. The van der Waals surface area contributed by atoms with Crippen LogP contribution < -0.4 is 14.7 Å². The molecule has 28 aromatic rings. The third-order valence-electron chi connectivity index (χ3n) is 28.3. The molecule has 0 saturated heterocycles. The largest absolute Gasteiger partial charge is 0.310 e. The van der Waals surface area contributed by atoms with E-state index in [1.54, 1.807) is 0 Å². The smallest absolute Gasteiger partial charge is 0.0645 e. The zero-order valence-electron chi connectivity index (χ0n) is 90.8. The van der Waals surface area contributed by atoms with Crippen molar-refractivity contribution in [1.29, 1.82) is 0 Å². The SMILES string of the molecule is [2H]c1c([2H])c(N(c2ccc(-c3ccc4c(ccc5ccccc54)c3)cc2)c2cc3ccccc3c3ccccc23)c([2H])c([2H])c1-c1cccc2ccccc12.[2H]c1c([2H])c(N(c2ccc(-c3ccc4c(ccc5ccccc54)c3)cc2)c2cc3ccccc3c3ccccc23)c([2H])c([2H])c1-c1ccccc1.[2H]c1c([2H])c(N(c2ccc(-c3ccc4ccc5ccccc5c4c3)cc2)c2cc3ccccc3c3ccccc23)c([2H])c([2H])c1-c1ccccc1. The fourth-order valence-corrected chi connectivity index (χ4v) is 21.1. The van der Waals surface area contributed by atoms with Crippen LogP contribution >= 0.6 is 0 Å². The van der Waals surface area contributed by atoms with Gasteiger partial charge in [-0.3, -0.25) is 0 Å². The predicted octanol–water partition coefficient (Wildman–Crippen LogP) is 40.5. The van der Waals surface area contributed by atoms with Crippen LogP contribution in [0.25, 0.3) is 207 Å². The van der Waals surface area contributed by atoms with Gasteiger partial charge in [-0.05, 0) is 300 Å². The van der Waals surface area contributed by atoms with Crippen LogP contribution in [0.15, 0.2) is 576 Å². The molecule has 28 rings (SSSR count). The fraction of sp³-hybridized carbons (Fsp3) is 0. The summed E-state index contributed by atoms with van der Waals surface area (Å²) in [6.07, 6.45) is 0. The van der Waals surface area contributed by atoms with Gasteiger partial charge in [-0.15, -0.1) is 0 Å². The van der Waals surface area contributed by atoms with Crippen molar-refractivity contribution in [2.45, 2.75) is 0 Å². The average molecular weight is 1860 g/mol. The number of benzene rings is 28. The average Bonchev–Trinajstić information content (AvgIpc) is 0.734. The van der Waals surface area contributed by atoms with Gasteiger partial charge < -0.3 is 14.7 Å². The quantitative estimate of drug-likeness (QED) is 0.0947. The van der Waals surface area contributed by atoms with Crippen molar-refractivity contribution < 1.29 is 16.4 Å². The fourth-order valence-electron chi connectivity index (χ4n) is 21.1. The number of anilines is 9. The maximum atomic E-state index is 9.61. The second kappa shape index (κ2) is 37.6. The lowest BCUT2D eigenvalue weighted by Crippen LogP contribution is -2.10. The standard InChI is InChI=1S/C50H33N.2C46H31N/c1-4-14-43-35(10-1)13-9-19-45(43)37-24-29-42(30-25-37)51(50-33-39-12-3-6-16-46(39)48-17-7-8-18-49(48)50)41-27-22-34(23-28-41)38-26-31-47-40(32-38)21-20-36-11-2-5-15-44(36)47;1-2-10-32(11-3-1)33-20-25-39(26-21-33)47(46-31-37-13-5-7-15-42(37)44-16-8-9-17-45(44)46)40-27-22-34(23-28-40)36-24-29-43-38(30-36)19-18-35-12-4-6-14-41(35)43;1-2-10-32(11-3-1)33-22-26-39(27-23-33)47(46-31-38-13-5-7-15-42(38)43-16-8-9-17-44(43)46)40-28-24-34(25-29-40)37-21-20-36-19-18-35-12-4-6-14-41(35)45(36)30-37/h1-33H;2*1-31H/i24D,25D,29D,30D;20D,21D,25D,26D;22D,23D,26D,27D. The van der Waals surface area contributed by atoms with Crippen LogP contribution in [0.3, 0.4) is 0 Å². The minimum absolute atomic E-state index is 0.0763. The Morgan fingerprint density at radius 2 is 0.331 bits per heavy atom. The van der Waals surface area contributed by atoms with E-state index in [0.29, 0.717) is 22.3 Å². The lowest BCUT2D eigenvalue weighted by atomic mass is 9.96. The Hall–Kier alpha value is -19.1. The summed E-state index contributed by atoms with van der Waals surface area (Å²) in [4.78, 5) is 5.72. The van der Waals surface area contributed by atoms with Gasteiger partial charge >= 0.3 is 0 Å². The van der Waals surface area contributed by atoms with Crippen molar-refractivity contribution >= 4 is 191 Å². The van der Waals surface area contributed by atoms with Crippen LogP contribution in [0.5, 0.6) is 0 Å². The first-order valence-corrected chi connectivity index (χ1v) is 49.0. The molecule has 0 fully saturated rings. The minimum atomic E-state index is -0.105. The molecule has 0 atom stereocenters. The number of hydrogen-bond donors (Lipinski definition) is 0. The van der Waals surface area contributed by atoms with Gasteiger partial charge in [-0.1, -0.05) is 467 Å². The maximum Gasteiger partial charge on any atom is 0.0645 e. The molecule has 0 aliphatic rings. The summed E-state index contributed by atoms with van der Waals surface area (Å²) < 4.78 is 112. The third kappa shape index (κ3) is 16.4. The second-order valence-electron chi connectivity index (χ2n) is 36.7. The van der Waals surface area contributed by atoms with E-state index in [1.807, 2.05) is 227 Å². The Bertz CT molecular complexity index is 10600. The molecule has 0 spiro atoms. The van der Waals surface area contributed by atoms with E-state index in [-0.39, 0.29) is 101 Å². The van der Waals surface area contributed by atoms with Crippen molar-refractivity contribution in [2.24, 2.45) is 0 Å². The Balaban J connectivity index is 0.000000117. The van der Waals surface area contributed by atoms with Crippen molar-refractivity contribution in [1.82, 2.24) is 0 Å². The number of hydrogen-bond acceptors (Lipinski definition) is 3. The molecule has 678 valence electrons.